The molecule has 0 unspecified atom stereocenters. The average molecular weight is 877 g/mol. The van der Waals surface area contributed by atoms with Gasteiger partial charge < -0.3 is 30.2 Å². The predicted octanol–water partition coefficient (Wildman–Crippen LogP) is 6.14. The first-order valence-electron chi connectivity index (χ1n) is 20.8. The molecule has 3 aliphatic heterocycles. The summed E-state index contributed by atoms with van der Waals surface area (Å²) >= 11 is 0. The number of pyridine rings is 3. The molecule has 0 aliphatic carbocycles. The van der Waals surface area contributed by atoms with Gasteiger partial charge in [0.1, 0.15) is 54.0 Å². The number of carbonyl (C=O) groups is 3. The Labute approximate surface area is 376 Å². The van der Waals surface area contributed by atoms with Crippen molar-refractivity contribution in [3.8, 4) is 34.2 Å². The van der Waals surface area contributed by atoms with E-state index in [9.17, 15) is 14.4 Å². The van der Waals surface area contributed by atoms with Crippen LogP contribution >= 0.6 is 0 Å². The van der Waals surface area contributed by atoms with Gasteiger partial charge in [-0.2, -0.15) is 0 Å². The highest BCUT2D eigenvalue weighted by Crippen LogP contribution is 2.28. The van der Waals surface area contributed by atoms with E-state index in [1.807, 2.05) is 0 Å². The van der Waals surface area contributed by atoms with E-state index in [-0.39, 0.29) is 17.1 Å². The summed E-state index contributed by atoms with van der Waals surface area (Å²) in [6.45, 7) is 3.08. The van der Waals surface area contributed by atoms with Crippen LogP contribution in [0.15, 0.2) is 142 Å². The van der Waals surface area contributed by atoms with Crippen molar-refractivity contribution < 1.29 is 28.6 Å². The van der Waals surface area contributed by atoms with Gasteiger partial charge in [0.2, 0.25) is 17.7 Å². The fourth-order valence-electron chi connectivity index (χ4n) is 6.97. The van der Waals surface area contributed by atoms with Gasteiger partial charge in [-0.25, -0.2) is 44.9 Å². The van der Waals surface area contributed by atoms with Crippen LogP contribution in [-0.4, -0.2) is 105 Å². The second kappa shape index (κ2) is 18.3. The lowest BCUT2D eigenvalue weighted by Gasteiger charge is -2.11. The maximum absolute atomic E-state index is 13.2. The zero-order valence-electron chi connectivity index (χ0n) is 34.8. The van der Waals surface area contributed by atoms with Gasteiger partial charge >= 0.3 is 0 Å². The van der Waals surface area contributed by atoms with Crippen LogP contribution in [0.1, 0.15) is 48.5 Å². The maximum atomic E-state index is 13.2. The molecule has 3 amide bonds. The summed E-state index contributed by atoms with van der Waals surface area (Å²) in [5, 5.41) is 8.68. The average Bonchev–Trinajstić information content (AvgIpc) is 4.21. The number of anilines is 3. The highest BCUT2D eigenvalue weighted by atomic mass is 16.5. The van der Waals surface area contributed by atoms with Crippen molar-refractivity contribution in [2.24, 2.45) is 15.0 Å². The molecule has 4 aromatic heterocycles. The summed E-state index contributed by atoms with van der Waals surface area (Å²) in [5.41, 5.74) is 5.64. The van der Waals surface area contributed by atoms with E-state index in [2.05, 4.69) is 45.9 Å². The summed E-state index contributed by atoms with van der Waals surface area (Å²) < 4.78 is 16.5. The number of nitrogens with zero attached hydrogens (tertiary/aromatic N) is 9. The van der Waals surface area contributed by atoms with Crippen molar-refractivity contribution >= 4 is 52.5 Å². The molecule has 0 saturated carbocycles. The van der Waals surface area contributed by atoms with Crippen molar-refractivity contribution in [3.05, 3.63) is 162 Å². The molecule has 10 rings (SSSR count). The third kappa shape index (κ3) is 9.18. The van der Waals surface area contributed by atoms with Crippen LogP contribution in [0.25, 0.3) is 34.2 Å². The van der Waals surface area contributed by atoms with Gasteiger partial charge in [0.25, 0.3) is 17.7 Å². The summed E-state index contributed by atoms with van der Waals surface area (Å²) in [7, 11) is 0. The topological polar surface area (TPSA) is 229 Å². The van der Waals surface area contributed by atoms with Crippen LogP contribution in [-0.2, 0) is 14.2 Å². The Balaban J connectivity index is 0.900. The molecule has 324 valence electrons. The van der Waals surface area contributed by atoms with Crippen molar-refractivity contribution in [3.63, 3.8) is 0 Å². The molecular formula is C48H36N12O6. The van der Waals surface area contributed by atoms with Gasteiger partial charge in [0.05, 0.1) is 19.6 Å². The van der Waals surface area contributed by atoms with Gasteiger partial charge in [0.15, 0.2) is 17.5 Å². The monoisotopic (exact) mass is 876 g/mol. The molecule has 0 spiro atoms. The molecule has 18 nitrogen and oxygen atoms in total. The Bertz CT molecular complexity index is 2760. The normalized spacial score (nSPS) is 13.9. The Kier molecular flexibility index (Phi) is 11.4. The lowest BCUT2D eigenvalue weighted by Crippen LogP contribution is -2.16. The van der Waals surface area contributed by atoms with Crippen LogP contribution < -0.4 is 16.0 Å². The first kappa shape index (κ1) is 41.0. The summed E-state index contributed by atoms with van der Waals surface area (Å²) in [5.74, 6) is 1.12. The van der Waals surface area contributed by atoms with Crippen LogP contribution in [0.5, 0.6) is 0 Å². The van der Waals surface area contributed by atoms with Gasteiger partial charge in [-0.3, -0.25) is 14.4 Å². The number of hydrogen-bond acceptors (Lipinski definition) is 15. The summed E-state index contributed by atoms with van der Waals surface area (Å²) in [6.07, 6.45) is 0. The first-order valence-corrected chi connectivity index (χ1v) is 20.8. The molecule has 3 aliphatic rings. The lowest BCUT2D eigenvalue weighted by molar-refractivity contribution is 0.101. The minimum absolute atomic E-state index is 0.212. The third-order valence-electron chi connectivity index (χ3n) is 10.2. The van der Waals surface area contributed by atoms with E-state index in [0.717, 1.165) is 0 Å². The van der Waals surface area contributed by atoms with E-state index in [0.29, 0.717) is 125 Å². The number of hydrogen-bond donors (Lipinski definition) is 3. The number of aromatic nitrogens is 6. The lowest BCUT2D eigenvalue weighted by atomic mass is 10.1. The van der Waals surface area contributed by atoms with Gasteiger partial charge in [-0.05, 0) is 109 Å². The molecule has 0 atom stereocenters. The Morgan fingerprint density at radius 3 is 0.909 bits per heavy atom. The predicted molar refractivity (Wildman–Crippen MR) is 245 cm³/mol. The molecule has 3 N–H and O–H groups in total. The largest absolute Gasteiger partial charge is 0.474 e. The summed E-state index contributed by atoms with van der Waals surface area (Å²) in [4.78, 5) is 80.4. The Hall–Kier alpha value is -9.06. The molecule has 7 heterocycles. The number of amides is 3. The minimum Gasteiger partial charge on any atom is -0.474 e. The van der Waals surface area contributed by atoms with Crippen molar-refractivity contribution in [2.75, 3.05) is 55.4 Å². The standard InChI is InChI=1S/C48H36N12O6/c61-43(34-4-1-7-37(55-34)46-49-22-25-64-46)52-31-16-10-28(11-17-31)40-58-41(29-12-18-32(19-13-29)53-44(62)35-5-2-8-38(56-35)47-50-23-26-65-47)60-42(59-40)30-14-20-33(21-15-30)54-45(63)36-6-3-9-39(57-36)48-51-24-27-66-48/h1-21H,22-27H2,(H,52,61)(H,53,62)(H,54,63). The Morgan fingerprint density at radius 2 is 0.652 bits per heavy atom. The Morgan fingerprint density at radius 1 is 0.364 bits per heavy atom. The van der Waals surface area contributed by atoms with Crippen molar-refractivity contribution in [1.29, 1.82) is 0 Å². The third-order valence-corrected chi connectivity index (χ3v) is 10.2. The number of aliphatic imine (C=N–C) groups is 3. The molecule has 0 fully saturated rings. The zero-order valence-corrected chi connectivity index (χ0v) is 34.8. The number of benzene rings is 3. The summed E-state index contributed by atoms with van der Waals surface area (Å²) in [6, 6.07) is 36.5. The molecule has 18 heteroatoms. The van der Waals surface area contributed by atoms with Gasteiger partial charge in [-0.15, -0.1) is 0 Å². The highest BCUT2D eigenvalue weighted by molar-refractivity contribution is 6.06. The van der Waals surface area contributed by atoms with E-state index < -0.39 is 17.7 Å². The zero-order chi connectivity index (χ0) is 44.8. The van der Waals surface area contributed by atoms with Gasteiger partial charge in [0, 0.05) is 33.8 Å². The molecule has 0 bridgehead atoms. The number of nitrogens with one attached hydrogen (secondary N) is 3. The second-order valence-corrected chi connectivity index (χ2v) is 14.7. The second-order valence-electron chi connectivity index (χ2n) is 14.7. The minimum atomic E-state index is -0.399. The van der Waals surface area contributed by atoms with E-state index in [1.165, 1.54) is 0 Å². The first-order chi connectivity index (χ1) is 32.4. The number of rotatable bonds is 12. The number of carbonyl (C=O) groups excluding carboxylic acids is 3. The number of ether oxygens (including phenoxy) is 3. The molecule has 0 radical (unpaired) electrons. The quantitative estimate of drug-likeness (QED) is 0.126. The fourth-order valence-corrected chi connectivity index (χ4v) is 6.97. The van der Waals surface area contributed by atoms with Crippen molar-refractivity contribution in [2.45, 2.75) is 0 Å². The molecule has 0 saturated heterocycles. The molecular weight excluding hydrogens is 841 g/mol. The SMILES string of the molecule is O=C(Nc1ccc(-c2nc(-c3ccc(NC(=O)c4cccc(C5=NCCO5)n4)cc3)nc(-c3ccc(NC(=O)c4cccc(C5=NCCO5)n4)cc3)n2)cc1)c1cccc(C2=NCCO2)n1. The van der Waals surface area contributed by atoms with Crippen LogP contribution in [0.4, 0.5) is 17.1 Å². The smallest absolute Gasteiger partial charge is 0.274 e. The molecule has 3 aromatic carbocycles. The van der Waals surface area contributed by atoms with Crippen molar-refractivity contribution in [1.82, 2.24) is 29.9 Å². The fraction of sp³-hybridized carbons (Fsp3) is 0.125. The maximum Gasteiger partial charge on any atom is 0.274 e. The van der Waals surface area contributed by atoms with Crippen LogP contribution in [0.2, 0.25) is 0 Å². The van der Waals surface area contributed by atoms with Gasteiger partial charge in [-0.1, -0.05) is 18.2 Å². The molecule has 66 heavy (non-hydrogen) atoms. The highest BCUT2D eigenvalue weighted by Gasteiger charge is 2.20. The van der Waals surface area contributed by atoms with Crippen LogP contribution in [0.3, 0.4) is 0 Å². The van der Waals surface area contributed by atoms with E-state index in [4.69, 9.17) is 29.2 Å². The van der Waals surface area contributed by atoms with E-state index >= 15 is 0 Å². The van der Waals surface area contributed by atoms with Crippen LogP contribution in [0, 0.1) is 0 Å². The molecule has 7 aromatic rings. The van der Waals surface area contributed by atoms with E-state index in [1.54, 1.807) is 127 Å².